The number of anilines is 1. The number of nitrogens with one attached hydrogen (secondary N) is 3. The number of rotatable bonds is 4. The molecule has 1 amide bonds. The van der Waals surface area contributed by atoms with E-state index >= 15 is 0 Å². The lowest BCUT2D eigenvalue weighted by molar-refractivity contribution is -0.128. The summed E-state index contributed by atoms with van der Waals surface area (Å²) < 4.78 is 26.5. The lowest BCUT2D eigenvalue weighted by Crippen LogP contribution is -2.44. The van der Waals surface area contributed by atoms with Crippen molar-refractivity contribution in [2.75, 3.05) is 25.5 Å². The fraction of sp³-hybridized carbons (Fsp3) is 0.588. The first-order valence-electron chi connectivity index (χ1n) is 8.46. The average Bonchev–Trinajstić information content (AvgIpc) is 3.01. The van der Waals surface area contributed by atoms with Crippen LogP contribution in [-0.4, -0.2) is 34.5 Å². The molecule has 1 saturated heterocycles. The number of carbonyl (C=O) groups is 1. The van der Waals surface area contributed by atoms with Gasteiger partial charge in [0, 0.05) is 12.2 Å². The van der Waals surface area contributed by atoms with Gasteiger partial charge in [0.15, 0.2) is 0 Å². The molecule has 25 heavy (non-hydrogen) atoms. The van der Waals surface area contributed by atoms with Crippen LogP contribution >= 0.6 is 12.4 Å². The van der Waals surface area contributed by atoms with E-state index in [0.717, 1.165) is 25.8 Å². The minimum Gasteiger partial charge on any atom is -0.325 e. The molecule has 0 bridgehead atoms. The Labute approximate surface area is 155 Å². The first kappa shape index (κ1) is 20.2. The first-order chi connectivity index (χ1) is 11.4. The lowest BCUT2D eigenvalue weighted by atomic mass is 9.67. The van der Waals surface area contributed by atoms with Crippen molar-refractivity contribution in [3.63, 3.8) is 0 Å². The molecule has 1 heterocycles. The Bertz CT molecular complexity index is 754. The summed E-state index contributed by atoms with van der Waals surface area (Å²) in [6, 6.07) is 4.98. The van der Waals surface area contributed by atoms with E-state index in [0.29, 0.717) is 23.7 Å². The minimum atomic E-state index is -3.54. The molecule has 0 radical (unpaired) electrons. The summed E-state index contributed by atoms with van der Waals surface area (Å²) in [6.07, 6.45) is 4.21. The third-order valence-corrected chi connectivity index (χ3v) is 7.14. The zero-order valence-electron chi connectivity index (χ0n) is 14.6. The van der Waals surface area contributed by atoms with E-state index < -0.39 is 10.0 Å². The Morgan fingerprint density at radius 2 is 2.08 bits per heavy atom. The summed E-state index contributed by atoms with van der Waals surface area (Å²) >= 11 is 0. The molecule has 1 saturated carbocycles. The number of sulfonamides is 1. The molecule has 1 aliphatic heterocycles. The van der Waals surface area contributed by atoms with Gasteiger partial charge in [-0.05, 0) is 57.0 Å². The molecule has 0 spiro atoms. The van der Waals surface area contributed by atoms with Crippen LogP contribution in [0.3, 0.4) is 0 Å². The van der Waals surface area contributed by atoms with Crippen LogP contribution in [0.1, 0.15) is 31.2 Å². The second-order valence-corrected chi connectivity index (χ2v) is 8.68. The van der Waals surface area contributed by atoms with E-state index in [-0.39, 0.29) is 28.6 Å². The molecule has 0 unspecified atom stereocenters. The molecule has 1 aromatic carbocycles. The number of hydrogen-bond donors (Lipinski definition) is 3. The van der Waals surface area contributed by atoms with E-state index in [1.807, 2.05) is 0 Å². The predicted molar refractivity (Wildman–Crippen MR) is 101 cm³/mol. The molecule has 2 aliphatic rings. The van der Waals surface area contributed by atoms with Crippen LogP contribution in [0.2, 0.25) is 0 Å². The van der Waals surface area contributed by atoms with Crippen molar-refractivity contribution in [2.45, 2.75) is 37.5 Å². The number of hydrogen-bond acceptors (Lipinski definition) is 4. The normalized spacial score (nSPS) is 25.8. The van der Waals surface area contributed by atoms with Crippen LogP contribution in [0.4, 0.5) is 5.69 Å². The highest BCUT2D eigenvalue weighted by atomic mass is 35.5. The van der Waals surface area contributed by atoms with Crippen LogP contribution in [0, 0.1) is 18.3 Å². The monoisotopic (exact) mass is 387 g/mol. The lowest BCUT2D eigenvalue weighted by Gasteiger charge is -2.37. The van der Waals surface area contributed by atoms with Gasteiger partial charge in [-0.1, -0.05) is 18.9 Å². The maximum Gasteiger partial charge on any atom is 0.240 e. The quantitative estimate of drug-likeness (QED) is 0.737. The number of carbonyl (C=O) groups excluding carboxylic acids is 1. The molecular weight excluding hydrogens is 362 g/mol. The van der Waals surface area contributed by atoms with Crippen LogP contribution in [-0.2, 0) is 14.8 Å². The fourth-order valence-electron chi connectivity index (χ4n) is 4.09. The molecule has 140 valence electrons. The minimum absolute atomic E-state index is 0. The van der Waals surface area contributed by atoms with Gasteiger partial charge >= 0.3 is 0 Å². The van der Waals surface area contributed by atoms with Crippen LogP contribution in [0.15, 0.2) is 23.1 Å². The highest BCUT2D eigenvalue weighted by Gasteiger charge is 2.49. The van der Waals surface area contributed by atoms with Gasteiger partial charge in [0.2, 0.25) is 15.9 Å². The summed E-state index contributed by atoms with van der Waals surface area (Å²) in [5, 5.41) is 6.37. The van der Waals surface area contributed by atoms with Gasteiger partial charge in [0.05, 0.1) is 10.3 Å². The Kier molecular flexibility index (Phi) is 6.14. The highest BCUT2D eigenvalue weighted by Crippen LogP contribution is 2.44. The van der Waals surface area contributed by atoms with Crippen molar-refractivity contribution in [2.24, 2.45) is 11.3 Å². The van der Waals surface area contributed by atoms with Crippen molar-refractivity contribution >= 4 is 34.0 Å². The number of benzene rings is 1. The van der Waals surface area contributed by atoms with Crippen molar-refractivity contribution in [3.8, 4) is 0 Å². The second-order valence-electron chi connectivity index (χ2n) is 6.82. The van der Waals surface area contributed by atoms with Crippen LogP contribution in [0.5, 0.6) is 0 Å². The smallest absolute Gasteiger partial charge is 0.240 e. The fourth-order valence-corrected chi connectivity index (χ4v) is 5.08. The molecule has 3 N–H and O–H groups in total. The number of amides is 1. The molecule has 8 heteroatoms. The van der Waals surface area contributed by atoms with Gasteiger partial charge in [0.1, 0.15) is 0 Å². The molecular formula is C17H26ClN3O3S. The first-order valence-corrected chi connectivity index (χ1v) is 9.94. The molecule has 6 nitrogen and oxygen atoms in total. The summed E-state index contributed by atoms with van der Waals surface area (Å²) in [5.41, 5.74) is 0.777. The number of halogens is 1. The summed E-state index contributed by atoms with van der Waals surface area (Å²) in [6.45, 7) is 3.32. The SMILES string of the molecule is CNS(=O)(=O)c1cccc(NC(=O)[C@@]23CCCC[C@H]2CNC3)c1C.Cl. The summed E-state index contributed by atoms with van der Waals surface area (Å²) in [5.74, 6) is 0.384. The maximum absolute atomic E-state index is 13.0. The van der Waals surface area contributed by atoms with E-state index in [1.54, 1.807) is 25.1 Å². The second kappa shape index (κ2) is 7.61. The number of fused-ring (bicyclic) bond motifs is 1. The zero-order chi connectivity index (χ0) is 17.4. The molecule has 2 atom stereocenters. The zero-order valence-corrected chi connectivity index (χ0v) is 16.2. The largest absolute Gasteiger partial charge is 0.325 e. The third-order valence-electron chi connectivity index (χ3n) is 5.58. The van der Waals surface area contributed by atoms with Crippen LogP contribution < -0.4 is 15.4 Å². The third kappa shape index (κ3) is 3.56. The topological polar surface area (TPSA) is 87.3 Å². The van der Waals surface area contributed by atoms with E-state index in [1.165, 1.54) is 13.5 Å². The van der Waals surface area contributed by atoms with Gasteiger partial charge in [0.25, 0.3) is 0 Å². The van der Waals surface area contributed by atoms with Gasteiger partial charge in [-0.15, -0.1) is 12.4 Å². The van der Waals surface area contributed by atoms with E-state index in [4.69, 9.17) is 0 Å². The highest BCUT2D eigenvalue weighted by molar-refractivity contribution is 7.89. The molecule has 3 rings (SSSR count). The Morgan fingerprint density at radius 1 is 1.32 bits per heavy atom. The van der Waals surface area contributed by atoms with Gasteiger partial charge in [-0.3, -0.25) is 4.79 Å². The average molecular weight is 388 g/mol. The Morgan fingerprint density at radius 3 is 2.80 bits per heavy atom. The van der Waals surface area contributed by atoms with E-state index in [9.17, 15) is 13.2 Å². The van der Waals surface area contributed by atoms with Crippen molar-refractivity contribution in [3.05, 3.63) is 23.8 Å². The Hall–Kier alpha value is -1.15. The van der Waals surface area contributed by atoms with Crippen molar-refractivity contribution in [1.82, 2.24) is 10.0 Å². The maximum atomic E-state index is 13.0. The predicted octanol–water partition coefficient (Wildman–Crippen LogP) is 2.04. The van der Waals surface area contributed by atoms with Gasteiger partial charge < -0.3 is 10.6 Å². The summed E-state index contributed by atoms with van der Waals surface area (Å²) in [4.78, 5) is 13.2. The van der Waals surface area contributed by atoms with Gasteiger partial charge in [-0.25, -0.2) is 13.1 Å². The molecule has 1 aromatic rings. The standard InChI is InChI=1S/C17H25N3O3S.ClH/c1-12-14(7-5-8-15(12)24(22,23)18-2)20-16(21)17-9-4-3-6-13(17)10-19-11-17;/h5,7-8,13,18-19H,3-4,6,9-11H2,1-2H3,(H,20,21);1H/t13-,17+;/m0./s1. The molecule has 0 aromatic heterocycles. The molecule has 1 aliphatic carbocycles. The van der Waals surface area contributed by atoms with Crippen molar-refractivity contribution in [1.29, 1.82) is 0 Å². The van der Waals surface area contributed by atoms with Crippen LogP contribution in [0.25, 0.3) is 0 Å². The molecule has 2 fully saturated rings. The van der Waals surface area contributed by atoms with Gasteiger partial charge in [-0.2, -0.15) is 0 Å². The Balaban J connectivity index is 0.00000225. The summed E-state index contributed by atoms with van der Waals surface area (Å²) in [7, 11) is -2.16. The van der Waals surface area contributed by atoms with Crippen molar-refractivity contribution < 1.29 is 13.2 Å². The van der Waals surface area contributed by atoms with E-state index in [2.05, 4.69) is 15.4 Å².